The van der Waals surface area contributed by atoms with Crippen LogP contribution in [0.2, 0.25) is 0 Å². The zero-order chi connectivity index (χ0) is 24.9. The molecule has 1 atom stereocenters. The van der Waals surface area contributed by atoms with Crippen LogP contribution in [-0.2, 0) is 19.6 Å². The zero-order valence-corrected chi connectivity index (χ0v) is 21.0. The summed E-state index contributed by atoms with van der Waals surface area (Å²) in [5.41, 5.74) is 0.139. The number of carbonyl (C=O) groups excluding carboxylic acids is 2. The third-order valence-electron chi connectivity index (χ3n) is 4.63. The van der Waals surface area contributed by atoms with Gasteiger partial charge in [-0.2, -0.15) is 4.72 Å². The second-order valence-corrected chi connectivity index (χ2v) is 11.9. The average molecular weight is 475 g/mol. The third-order valence-corrected chi connectivity index (χ3v) is 6.12. The van der Waals surface area contributed by atoms with E-state index >= 15 is 0 Å². The van der Waals surface area contributed by atoms with Gasteiger partial charge < -0.3 is 10.1 Å². The maximum atomic E-state index is 13.0. The lowest BCUT2D eigenvalue weighted by Crippen LogP contribution is -2.44. The van der Waals surface area contributed by atoms with Crippen molar-refractivity contribution in [2.75, 3.05) is 5.32 Å². The molecular weight excluding hydrogens is 440 g/mol. The Morgan fingerprint density at radius 1 is 0.909 bits per heavy atom. The number of sulfonamides is 1. The Morgan fingerprint density at radius 3 is 2.00 bits per heavy atom. The molecular formula is C25H34N2O5S. The molecule has 0 saturated carbocycles. The molecule has 1 amide bonds. The van der Waals surface area contributed by atoms with Crippen LogP contribution in [0.3, 0.4) is 0 Å². The fraction of sp³-hybridized carbons (Fsp3) is 0.440. The van der Waals surface area contributed by atoms with E-state index in [4.69, 9.17) is 4.74 Å². The number of benzene rings is 2. The highest BCUT2D eigenvalue weighted by molar-refractivity contribution is 7.89. The van der Waals surface area contributed by atoms with Crippen LogP contribution in [-0.4, -0.2) is 31.9 Å². The first kappa shape index (κ1) is 26.5. The molecule has 2 aromatic carbocycles. The number of hydrogen-bond donors (Lipinski definition) is 2. The minimum Gasteiger partial charge on any atom is -0.459 e. The molecule has 0 aliphatic carbocycles. The van der Waals surface area contributed by atoms with Crippen molar-refractivity contribution in [3.63, 3.8) is 0 Å². The van der Waals surface area contributed by atoms with Gasteiger partial charge in [-0.25, -0.2) is 8.42 Å². The van der Waals surface area contributed by atoms with Crippen LogP contribution in [0, 0.1) is 5.41 Å². The standard InChI is InChI=1S/C25H34N2O5S/c1-24(2,3)17-16-21(23(29)32-25(4,5)6)27-33(30,31)20-14-12-19(13-15-20)26-22(28)18-10-8-7-9-11-18/h7-15,21,27H,16-17H2,1-6H3,(H,26,28)/t21-/m1/s1. The van der Waals surface area contributed by atoms with Crippen LogP contribution >= 0.6 is 0 Å². The van der Waals surface area contributed by atoms with Crippen molar-refractivity contribution in [2.45, 2.75) is 70.9 Å². The molecule has 2 N–H and O–H groups in total. The molecule has 0 fully saturated rings. The van der Waals surface area contributed by atoms with E-state index < -0.39 is 27.6 Å². The number of ether oxygens (including phenoxy) is 1. The number of hydrogen-bond acceptors (Lipinski definition) is 5. The molecule has 0 aliphatic rings. The highest BCUT2D eigenvalue weighted by Crippen LogP contribution is 2.24. The monoisotopic (exact) mass is 474 g/mol. The molecule has 33 heavy (non-hydrogen) atoms. The van der Waals surface area contributed by atoms with Gasteiger partial charge in [-0.05, 0) is 75.4 Å². The van der Waals surface area contributed by atoms with E-state index in [-0.39, 0.29) is 16.2 Å². The summed E-state index contributed by atoms with van der Waals surface area (Å²) in [6.45, 7) is 11.3. The lowest BCUT2D eigenvalue weighted by Gasteiger charge is -2.26. The van der Waals surface area contributed by atoms with Crippen LogP contribution in [0.5, 0.6) is 0 Å². The van der Waals surface area contributed by atoms with E-state index in [1.54, 1.807) is 45.0 Å². The highest BCUT2D eigenvalue weighted by atomic mass is 32.2. The lowest BCUT2D eigenvalue weighted by molar-refractivity contribution is -0.157. The summed E-state index contributed by atoms with van der Waals surface area (Å²) in [5.74, 6) is -0.904. The van der Waals surface area contributed by atoms with Gasteiger partial charge in [0.15, 0.2) is 0 Å². The topological polar surface area (TPSA) is 102 Å². The Morgan fingerprint density at radius 2 is 1.48 bits per heavy atom. The molecule has 0 unspecified atom stereocenters. The van der Waals surface area contributed by atoms with E-state index in [9.17, 15) is 18.0 Å². The number of esters is 1. The van der Waals surface area contributed by atoms with Crippen LogP contribution < -0.4 is 10.0 Å². The van der Waals surface area contributed by atoms with Crippen LogP contribution in [0.1, 0.15) is 64.7 Å². The largest absolute Gasteiger partial charge is 0.459 e. The first-order valence-electron chi connectivity index (χ1n) is 10.9. The van der Waals surface area contributed by atoms with Gasteiger partial charge in [0.05, 0.1) is 4.90 Å². The molecule has 2 rings (SSSR count). The van der Waals surface area contributed by atoms with Crippen molar-refractivity contribution in [1.29, 1.82) is 0 Å². The van der Waals surface area contributed by atoms with Gasteiger partial charge >= 0.3 is 5.97 Å². The molecule has 7 nitrogen and oxygen atoms in total. The van der Waals surface area contributed by atoms with Gasteiger partial charge in [0.1, 0.15) is 11.6 Å². The smallest absolute Gasteiger partial charge is 0.324 e. The van der Waals surface area contributed by atoms with Crippen LogP contribution in [0.4, 0.5) is 5.69 Å². The van der Waals surface area contributed by atoms with Gasteiger partial charge in [0, 0.05) is 11.3 Å². The predicted octanol–water partition coefficient (Wildman–Crippen LogP) is 4.75. The highest BCUT2D eigenvalue weighted by Gasteiger charge is 2.31. The Hall–Kier alpha value is -2.71. The lowest BCUT2D eigenvalue weighted by atomic mass is 9.89. The predicted molar refractivity (Wildman–Crippen MR) is 129 cm³/mol. The van der Waals surface area contributed by atoms with Crippen molar-refractivity contribution in [3.05, 3.63) is 60.2 Å². The van der Waals surface area contributed by atoms with Crippen molar-refractivity contribution in [1.82, 2.24) is 4.72 Å². The SMILES string of the molecule is CC(C)(C)CC[C@@H](NS(=O)(=O)c1ccc(NC(=O)c2ccccc2)cc1)C(=O)OC(C)(C)C. The van der Waals surface area contributed by atoms with E-state index in [1.807, 2.05) is 26.8 Å². The van der Waals surface area contributed by atoms with Crippen LogP contribution in [0.25, 0.3) is 0 Å². The van der Waals surface area contributed by atoms with Crippen molar-refractivity contribution in [3.8, 4) is 0 Å². The summed E-state index contributed by atoms with van der Waals surface area (Å²) in [7, 11) is -3.99. The van der Waals surface area contributed by atoms with Crippen molar-refractivity contribution >= 4 is 27.6 Å². The van der Waals surface area contributed by atoms with Gasteiger partial charge in [0.25, 0.3) is 5.91 Å². The van der Waals surface area contributed by atoms with E-state index in [1.165, 1.54) is 24.3 Å². The van der Waals surface area contributed by atoms with Crippen molar-refractivity contribution < 1.29 is 22.7 Å². The number of nitrogens with one attached hydrogen (secondary N) is 2. The minimum absolute atomic E-state index is 0.00970. The van der Waals surface area contributed by atoms with E-state index in [2.05, 4.69) is 10.0 Å². The molecule has 0 aliphatic heterocycles. The fourth-order valence-electron chi connectivity index (χ4n) is 2.94. The molecule has 2 aromatic rings. The minimum atomic E-state index is -3.99. The quantitative estimate of drug-likeness (QED) is 0.538. The molecule has 0 radical (unpaired) electrons. The van der Waals surface area contributed by atoms with Crippen molar-refractivity contribution in [2.24, 2.45) is 5.41 Å². The van der Waals surface area contributed by atoms with Gasteiger partial charge in [-0.15, -0.1) is 0 Å². The maximum Gasteiger partial charge on any atom is 0.324 e. The van der Waals surface area contributed by atoms with Gasteiger partial charge in [0.2, 0.25) is 10.0 Å². The average Bonchev–Trinajstić information content (AvgIpc) is 2.70. The second kappa shape index (κ2) is 10.5. The Bertz CT molecular complexity index is 1050. The van der Waals surface area contributed by atoms with Gasteiger partial charge in [-0.3, -0.25) is 9.59 Å². The third kappa shape index (κ3) is 8.98. The van der Waals surface area contributed by atoms with E-state index in [0.29, 0.717) is 24.1 Å². The summed E-state index contributed by atoms with van der Waals surface area (Å²) in [6.07, 6.45) is 0.937. The summed E-state index contributed by atoms with van der Waals surface area (Å²) < 4.78 is 33.9. The first-order valence-corrected chi connectivity index (χ1v) is 12.4. The summed E-state index contributed by atoms with van der Waals surface area (Å²) >= 11 is 0. The zero-order valence-electron chi connectivity index (χ0n) is 20.1. The number of amides is 1. The number of anilines is 1. The summed E-state index contributed by atoms with van der Waals surface area (Å²) in [4.78, 5) is 25.0. The number of carbonyl (C=O) groups is 2. The molecule has 0 aromatic heterocycles. The molecule has 0 spiro atoms. The Labute approximate surface area is 197 Å². The second-order valence-electron chi connectivity index (χ2n) is 10.2. The molecule has 8 heteroatoms. The Balaban J connectivity index is 2.15. The fourth-order valence-corrected chi connectivity index (χ4v) is 4.16. The summed E-state index contributed by atoms with van der Waals surface area (Å²) in [5, 5.41) is 2.73. The molecule has 0 bridgehead atoms. The molecule has 180 valence electrons. The summed E-state index contributed by atoms with van der Waals surface area (Å²) in [6, 6.07) is 13.5. The van der Waals surface area contributed by atoms with Gasteiger partial charge in [-0.1, -0.05) is 39.0 Å². The normalized spacial score (nSPS) is 13.3. The first-order chi connectivity index (χ1) is 15.2. The van der Waals surface area contributed by atoms with E-state index in [0.717, 1.165) is 0 Å². The number of rotatable bonds is 8. The maximum absolute atomic E-state index is 13.0. The van der Waals surface area contributed by atoms with Crippen LogP contribution in [0.15, 0.2) is 59.5 Å². The molecule has 0 saturated heterocycles. The molecule has 0 heterocycles. The Kier molecular flexibility index (Phi) is 8.43.